The number of nitrogens with two attached hydrogens (primary N) is 1. The molecule has 0 fully saturated rings. The first-order valence-electron chi connectivity index (χ1n) is 4.98. The molecule has 0 saturated heterocycles. The maximum atomic E-state index is 5.97. The summed E-state index contributed by atoms with van der Waals surface area (Å²) in [5.74, 6) is 0. The summed E-state index contributed by atoms with van der Waals surface area (Å²) >= 11 is 1.62. The minimum atomic E-state index is 0.156. The number of unbranched alkanes of at least 4 members (excludes halogenated alkanes) is 3. The van der Waals surface area contributed by atoms with Gasteiger partial charge in [0.05, 0.1) is 11.2 Å². The average Bonchev–Trinajstić information content (AvgIpc) is 2.65. The molecule has 0 aliphatic rings. The molecule has 0 aliphatic heterocycles. The van der Waals surface area contributed by atoms with Crippen LogP contribution in [0.4, 0.5) is 0 Å². The summed E-state index contributed by atoms with van der Waals surface area (Å²) < 4.78 is 0. The molecule has 1 rings (SSSR count). The van der Waals surface area contributed by atoms with Crippen molar-refractivity contribution in [2.45, 2.75) is 45.1 Å². The summed E-state index contributed by atoms with van der Waals surface area (Å²) in [6, 6.07) is 0.156. The second-order valence-corrected chi connectivity index (χ2v) is 4.09. The predicted molar refractivity (Wildman–Crippen MR) is 57.8 cm³/mol. The van der Waals surface area contributed by atoms with E-state index in [1.54, 1.807) is 11.3 Å². The van der Waals surface area contributed by atoms with Crippen molar-refractivity contribution in [2.24, 2.45) is 5.73 Å². The topological polar surface area (TPSA) is 38.9 Å². The lowest BCUT2D eigenvalue weighted by molar-refractivity contribution is 0.559. The zero-order chi connectivity index (χ0) is 9.52. The van der Waals surface area contributed by atoms with Crippen LogP contribution in [0.3, 0.4) is 0 Å². The quantitative estimate of drug-likeness (QED) is 0.713. The van der Waals surface area contributed by atoms with Crippen molar-refractivity contribution in [1.29, 1.82) is 0 Å². The Hall–Kier alpha value is -0.410. The first-order valence-corrected chi connectivity index (χ1v) is 5.92. The van der Waals surface area contributed by atoms with E-state index in [-0.39, 0.29) is 6.04 Å². The summed E-state index contributed by atoms with van der Waals surface area (Å²) in [5, 5.41) is 2.05. The highest BCUT2D eigenvalue weighted by Crippen LogP contribution is 2.17. The van der Waals surface area contributed by atoms with Crippen LogP contribution in [-0.4, -0.2) is 4.98 Å². The molecule has 1 heterocycles. The van der Waals surface area contributed by atoms with Crippen molar-refractivity contribution >= 4 is 11.3 Å². The fourth-order valence-corrected chi connectivity index (χ4v) is 1.96. The van der Waals surface area contributed by atoms with Gasteiger partial charge >= 0.3 is 0 Å². The zero-order valence-electron chi connectivity index (χ0n) is 8.20. The van der Waals surface area contributed by atoms with Gasteiger partial charge in [0.1, 0.15) is 0 Å². The van der Waals surface area contributed by atoms with E-state index in [0.29, 0.717) is 0 Å². The van der Waals surface area contributed by atoms with Gasteiger partial charge < -0.3 is 5.73 Å². The van der Waals surface area contributed by atoms with E-state index in [1.165, 1.54) is 25.7 Å². The standard InChI is InChI=1S/C10H18N2S/c1-2-3-4-5-6-9(11)10-7-13-8-12-10/h7-9H,2-6,11H2,1H3. The van der Waals surface area contributed by atoms with E-state index in [0.717, 1.165) is 12.1 Å². The molecule has 0 spiro atoms. The number of hydrogen-bond donors (Lipinski definition) is 1. The van der Waals surface area contributed by atoms with Crippen molar-refractivity contribution in [1.82, 2.24) is 4.98 Å². The molecule has 2 N–H and O–H groups in total. The second kappa shape index (κ2) is 6.11. The molecular formula is C10H18N2S. The average molecular weight is 198 g/mol. The van der Waals surface area contributed by atoms with Gasteiger partial charge in [-0.1, -0.05) is 32.6 Å². The van der Waals surface area contributed by atoms with Crippen molar-refractivity contribution in [3.05, 3.63) is 16.6 Å². The fraction of sp³-hybridized carbons (Fsp3) is 0.700. The van der Waals surface area contributed by atoms with Crippen molar-refractivity contribution in [3.8, 4) is 0 Å². The fourth-order valence-electron chi connectivity index (χ4n) is 1.34. The minimum Gasteiger partial charge on any atom is -0.323 e. The third kappa shape index (κ3) is 3.87. The lowest BCUT2D eigenvalue weighted by atomic mass is 10.1. The molecule has 13 heavy (non-hydrogen) atoms. The lowest BCUT2D eigenvalue weighted by Gasteiger charge is -2.07. The van der Waals surface area contributed by atoms with Crippen LogP contribution in [0.5, 0.6) is 0 Å². The first-order chi connectivity index (χ1) is 6.34. The number of thiazole rings is 1. The van der Waals surface area contributed by atoms with Gasteiger partial charge in [0.25, 0.3) is 0 Å². The monoisotopic (exact) mass is 198 g/mol. The van der Waals surface area contributed by atoms with Crippen LogP contribution >= 0.6 is 11.3 Å². The molecule has 3 heteroatoms. The van der Waals surface area contributed by atoms with Gasteiger partial charge in [-0.2, -0.15) is 0 Å². The molecule has 1 atom stereocenters. The highest BCUT2D eigenvalue weighted by Gasteiger charge is 2.06. The van der Waals surface area contributed by atoms with Gasteiger partial charge in [-0.3, -0.25) is 0 Å². The van der Waals surface area contributed by atoms with Gasteiger partial charge in [-0.05, 0) is 6.42 Å². The van der Waals surface area contributed by atoms with Gasteiger partial charge in [0, 0.05) is 11.4 Å². The SMILES string of the molecule is CCCCCCC(N)c1cscn1. The van der Waals surface area contributed by atoms with Crippen molar-refractivity contribution in [2.75, 3.05) is 0 Å². The van der Waals surface area contributed by atoms with Gasteiger partial charge in [-0.15, -0.1) is 11.3 Å². The minimum absolute atomic E-state index is 0.156. The van der Waals surface area contributed by atoms with E-state index < -0.39 is 0 Å². The molecule has 2 nitrogen and oxygen atoms in total. The van der Waals surface area contributed by atoms with Crippen LogP contribution in [0.1, 0.15) is 50.8 Å². The van der Waals surface area contributed by atoms with Gasteiger partial charge in [0.2, 0.25) is 0 Å². The molecule has 1 unspecified atom stereocenters. The number of nitrogens with zero attached hydrogens (tertiary/aromatic N) is 1. The van der Waals surface area contributed by atoms with Crippen molar-refractivity contribution in [3.63, 3.8) is 0 Å². The number of rotatable bonds is 6. The van der Waals surface area contributed by atoms with Crippen LogP contribution < -0.4 is 5.73 Å². The Kier molecular flexibility index (Phi) is 5.01. The van der Waals surface area contributed by atoms with Gasteiger partial charge in [-0.25, -0.2) is 4.98 Å². The Bertz CT molecular complexity index is 209. The van der Waals surface area contributed by atoms with Crippen LogP contribution in [-0.2, 0) is 0 Å². The van der Waals surface area contributed by atoms with Gasteiger partial charge in [0.15, 0.2) is 0 Å². The maximum Gasteiger partial charge on any atom is 0.0795 e. The first kappa shape index (κ1) is 10.7. The Morgan fingerprint density at radius 2 is 2.31 bits per heavy atom. The lowest BCUT2D eigenvalue weighted by Crippen LogP contribution is -2.10. The van der Waals surface area contributed by atoms with E-state index >= 15 is 0 Å². The summed E-state index contributed by atoms with van der Waals surface area (Å²) in [6.07, 6.45) is 6.21. The highest BCUT2D eigenvalue weighted by molar-refractivity contribution is 7.07. The van der Waals surface area contributed by atoms with Crippen LogP contribution in [0.15, 0.2) is 10.9 Å². The summed E-state index contributed by atoms with van der Waals surface area (Å²) in [6.45, 7) is 2.22. The number of hydrogen-bond acceptors (Lipinski definition) is 3. The van der Waals surface area contributed by atoms with Crippen LogP contribution in [0.2, 0.25) is 0 Å². The molecule has 1 aromatic heterocycles. The predicted octanol–water partition coefficient (Wildman–Crippen LogP) is 3.11. The molecular weight excluding hydrogens is 180 g/mol. The number of aromatic nitrogens is 1. The molecule has 0 amide bonds. The second-order valence-electron chi connectivity index (χ2n) is 3.37. The summed E-state index contributed by atoms with van der Waals surface area (Å²) in [5.41, 5.74) is 8.87. The molecule has 1 aromatic rings. The third-order valence-electron chi connectivity index (χ3n) is 2.20. The normalized spacial score (nSPS) is 13.1. The molecule has 0 aromatic carbocycles. The maximum absolute atomic E-state index is 5.97. The van der Waals surface area contributed by atoms with E-state index in [1.807, 2.05) is 10.9 Å². The van der Waals surface area contributed by atoms with Crippen LogP contribution in [0, 0.1) is 0 Å². The molecule has 0 aliphatic carbocycles. The van der Waals surface area contributed by atoms with Crippen molar-refractivity contribution < 1.29 is 0 Å². The highest BCUT2D eigenvalue weighted by atomic mass is 32.1. The summed E-state index contributed by atoms with van der Waals surface area (Å²) in [7, 11) is 0. The molecule has 0 radical (unpaired) electrons. The van der Waals surface area contributed by atoms with E-state index in [4.69, 9.17) is 5.73 Å². The zero-order valence-corrected chi connectivity index (χ0v) is 9.02. The third-order valence-corrected chi connectivity index (χ3v) is 2.80. The Morgan fingerprint density at radius 3 is 2.92 bits per heavy atom. The Morgan fingerprint density at radius 1 is 1.46 bits per heavy atom. The summed E-state index contributed by atoms with van der Waals surface area (Å²) in [4.78, 5) is 4.21. The van der Waals surface area contributed by atoms with E-state index in [9.17, 15) is 0 Å². The molecule has 74 valence electrons. The largest absolute Gasteiger partial charge is 0.323 e. The molecule has 0 saturated carbocycles. The Labute approximate surface area is 84.2 Å². The van der Waals surface area contributed by atoms with Crippen LogP contribution in [0.25, 0.3) is 0 Å². The smallest absolute Gasteiger partial charge is 0.0795 e. The Balaban J connectivity index is 2.15. The molecule has 0 bridgehead atoms. The van der Waals surface area contributed by atoms with E-state index in [2.05, 4.69) is 11.9 Å².